The molecule has 0 spiro atoms. The summed E-state index contributed by atoms with van der Waals surface area (Å²) in [6.07, 6.45) is 0. The van der Waals surface area contributed by atoms with Crippen molar-refractivity contribution in [2.75, 3.05) is 9.80 Å². The first-order chi connectivity index (χ1) is 38.5. The number of nitrogens with zero attached hydrogens (tertiary/aromatic N) is 2. The summed E-state index contributed by atoms with van der Waals surface area (Å²) in [6.45, 7) is 4.33. The van der Waals surface area contributed by atoms with Crippen LogP contribution in [0, 0.1) is 13.8 Å². The lowest BCUT2D eigenvalue weighted by Crippen LogP contribution is -2.10. The molecule has 15 aromatic rings. The van der Waals surface area contributed by atoms with E-state index in [0.29, 0.717) is 0 Å². The van der Waals surface area contributed by atoms with Crippen LogP contribution in [0.2, 0.25) is 0 Å². The molecule has 0 unspecified atom stereocenters. The molecule has 2 heteroatoms. The Bertz CT molecular complexity index is 4570. The number of hydrogen-bond donors (Lipinski definition) is 0. The Labute approximate surface area is 453 Å². The standard InChI is InChI=1S/C76H52N2/c1-49-27-33-57(34-28-49)77(59-37-31-51-15-3-5-17-53(51)43-59)61-39-41-69-73(47-61)75(71-45-55-19-7-9-21-63(55)65-23-11-13-25-67(65)71)70-42-40-62(78(58-35-29-50(2)30-36-58)60-38-32-52-16-4-6-18-54(52)44-60)48-74(70)76(69)72-46-56-20-8-10-22-64(56)66-24-12-14-26-68(66)72/h3-48H,1-2H3. The molecule has 366 valence electrons. The van der Waals surface area contributed by atoms with Gasteiger partial charge in [0.25, 0.3) is 0 Å². The third-order valence-corrected chi connectivity index (χ3v) is 16.2. The number of benzene rings is 15. The van der Waals surface area contributed by atoms with E-state index in [1.54, 1.807) is 0 Å². The Morgan fingerprint density at radius 3 is 0.910 bits per heavy atom. The number of anilines is 6. The number of aryl methyl sites for hydroxylation is 2. The van der Waals surface area contributed by atoms with E-state index in [9.17, 15) is 0 Å². The summed E-state index contributed by atoms with van der Waals surface area (Å²) in [7, 11) is 0. The fourth-order valence-electron chi connectivity index (χ4n) is 12.5. The van der Waals surface area contributed by atoms with Gasteiger partial charge >= 0.3 is 0 Å². The summed E-state index contributed by atoms with van der Waals surface area (Å²) in [5, 5.41) is 19.4. The second kappa shape index (κ2) is 18.4. The Morgan fingerprint density at radius 1 is 0.192 bits per heavy atom. The van der Waals surface area contributed by atoms with E-state index in [4.69, 9.17) is 0 Å². The summed E-state index contributed by atoms with van der Waals surface area (Å²) in [5.74, 6) is 0. The second-order valence-corrected chi connectivity index (χ2v) is 21.0. The molecule has 15 rings (SSSR count). The molecule has 0 fully saturated rings. The van der Waals surface area contributed by atoms with Gasteiger partial charge in [0.15, 0.2) is 0 Å². The van der Waals surface area contributed by atoms with Gasteiger partial charge in [-0.05, 0) is 207 Å². The topological polar surface area (TPSA) is 6.48 Å². The molecular formula is C76H52N2. The highest BCUT2D eigenvalue weighted by molar-refractivity contribution is 6.29. The monoisotopic (exact) mass is 992 g/mol. The van der Waals surface area contributed by atoms with Gasteiger partial charge in [0, 0.05) is 34.1 Å². The normalized spacial score (nSPS) is 11.7. The van der Waals surface area contributed by atoms with Crippen molar-refractivity contribution in [2.24, 2.45) is 0 Å². The van der Waals surface area contributed by atoms with Gasteiger partial charge in [-0.15, -0.1) is 0 Å². The van der Waals surface area contributed by atoms with Crippen LogP contribution in [0.5, 0.6) is 0 Å². The maximum Gasteiger partial charge on any atom is 0.0468 e. The fourth-order valence-corrected chi connectivity index (χ4v) is 12.5. The highest BCUT2D eigenvalue weighted by atomic mass is 15.1. The average Bonchev–Trinajstić information content (AvgIpc) is 3.50. The Kier molecular flexibility index (Phi) is 10.7. The Hall–Kier alpha value is -10.0. The van der Waals surface area contributed by atoms with Gasteiger partial charge in [-0.1, -0.05) is 205 Å². The summed E-state index contributed by atoms with van der Waals surface area (Å²) in [5.41, 5.74) is 13.8. The van der Waals surface area contributed by atoms with Crippen LogP contribution >= 0.6 is 0 Å². The zero-order valence-electron chi connectivity index (χ0n) is 43.5. The minimum atomic E-state index is 1.08. The summed E-state index contributed by atoms with van der Waals surface area (Å²) in [6, 6.07) is 104. The molecule has 0 atom stereocenters. The van der Waals surface area contributed by atoms with Crippen LogP contribution in [-0.4, -0.2) is 0 Å². The number of hydrogen-bond acceptors (Lipinski definition) is 2. The van der Waals surface area contributed by atoms with Crippen LogP contribution in [-0.2, 0) is 0 Å². The molecule has 0 aliphatic rings. The van der Waals surface area contributed by atoms with Crippen molar-refractivity contribution >= 4 is 120 Å². The van der Waals surface area contributed by atoms with Crippen molar-refractivity contribution in [1.29, 1.82) is 0 Å². The summed E-state index contributed by atoms with van der Waals surface area (Å²) < 4.78 is 0. The van der Waals surface area contributed by atoms with Crippen LogP contribution in [0.25, 0.3) is 108 Å². The lowest BCUT2D eigenvalue weighted by Gasteiger charge is -2.29. The SMILES string of the molecule is Cc1ccc(N(c2ccc3ccccc3c2)c2ccc3c(-c4cc5ccccc5c5ccccc45)c4cc(N(c5ccc(C)cc5)c5ccc6ccccc6c5)ccc4c(-c4cc5ccccc5c5ccccc45)c3c2)cc1. The molecule has 0 N–H and O–H groups in total. The summed E-state index contributed by atoms with van der Waals surface area (Å²) >= 11 is 0. The molecule has 0 saturated heterocycles. The molecule has 0 saturated carbocycles. The van der Waals surface area contributed by atoms with Crippen LogP contribution < -0.4 is 9.80 Å². The van der Waals surface area contributed by atoms with E-state index < -0.39 is 0 Å². The van der Waals surface area contributed by atoms with Crippen molar-refractivity contribution < 1.29 is 0 Å². The fraction of sp³-hybridized carbons (Fsp3) is 0.0263. The molecule has 0 aliphatic carbocycles. The van der Waals surface area contributed by atoms with Crippen molar-refractivity contribution in [2.45, 2.75) is 13.8 Å². The third kappa shape index (κ3) is 7.56. The van der Waals surface area contributed by atoms with Gasteiger partial charge in [0.05, 0.1) is 0 Å². The third-order valence-electron chi connectivity index (χ3n) is 16.2. The molecule has 15 aromatic carbocycles. The van der Waals surface area contributed by atoms with Crippen molar-refractivity contribution in [1.82, 2.24) is 0 Å². The molecular weight excluding hydrogens is 941 g/mol. The Balaban J connectivity index is 1.11. The predicted molar refractivity (Wildman–Crippen MR) is 336 cm³/mol. The lowest BCUT2D eigenvalue weighted by atomic mass is 9.82. The average molecular weight is 993 g/mol. The van der Waals surface area contributed by atoms with Crippen LogP contribution in [0.1, 0.15) is 11.1 Å². The smallest absolute Gasteiger partial charge is 0.0468 e. The second-order valence-electron chi connectivity index (χ2n) is 21.0. The van der Waals surface area contributed by atoms with Gasteiger partial charge in [-0.25, -0.2) is 0 Å². The zero-order valence-corrected chi connectivity index (χ0v) is 43.5. The molecule has 0 radical (unpaired) electrons. The largest absolute Gasteiger partial charge is 0.310 e. The number of fused-ring (bicyclic) bond motifs is 10. The molecule has 2 nitrogen and oxygen atoms in total. The van der Waals surface area contributed by atoms with Gasteiger partial charge in [0.2, 0.25) is 0 Å². The van der Waals surface area contributed by atoms with Crippen LogP contribution in [0.15, 0.2) is 279 Å². The van der Waals surface area contributed by atoms with Gasteiger partial charge in [-0.2, -0.15) is 0 Å². The highest BCUT2D eigenvalue weighted by Gasteiger charge is 2.25. The van der Waals surface area contributed by atoms with Crippen molar-refractivity contribution in [3.63, 3.8) is 0 Å². The Morgan fingerprint density at radius 2 is 0.500 bits per heavy atom. The molecule has 0 bridgehead atoms. The van der Waals surface area contributed by atoms with E-state index in [-0.39, 0.29) is 0 Å². The predicted octanol–water partition coefficient (Wildman–Crippen LogP) is 21.8. The molecule has 0 amide bonds. The van der Waals surface area contributed by atoms with E-state index in [1.807, 2.05) is 0 Å². The van der Waals surface area contributed by atoms with E-state index in [2.05, 4.69) is 303 Å². The molecule has 0 aliphatic heterocycles. The first-order valence-corrected chi connectivity index (χ1v) is 27.1. The van der Waals surface area contributed by atoms with Crippen LogP contribution in [0.3, 0.4) is 0 Å². The van der Waals surface area contributed by atoms with Gasteiger partial charge < -0.3 is 9.80 Å². The van der Waals surface area contributed by atoms with Crippen LogP contribution in [0.4, 0.5) is 34.1 Å². The maximum atomic E-state index is 2.48. The van der Waals surface area contributed by atoms with Gasteiger partial charge in [-0.3, -0.25) is 0 Å². The first-order valence-electron chi connectivity index (χ1n) is 27.1. The minimum Gasteiger partial charge on any atom is -0.310 e. The highest BCUT2D eigenvalue weighted by Crippen LogP contribution is 2.52. The first kappa shape index (κ1) is 45.4. The van der Waals surface area contributed by atoms with E-state index in [1.165, 1.54) is 120 Å². The van der Waals surface area contributed by atoms with Gasteiger partial charge in [0.1, 0.15) is 0 Å². The zero-order chi connectivity index (χ0) is 51.8. The van der Waals surface area contributed by atoms with E-state index in [0.717, 1.165) is 34.1 Å². The van der Waals surface area contributed by atoms with Crippen molar-refractivity contribution in [3.05, 3.63) is 290 Å². The number of rotatable bonds is 8. The minimum absolute atomic E-state index is 1.08. The molecule has 78 heavy (non-hydrogen) atoms. The van der Waals surface area contributed by atoms with Crippen molar-refractivity contribution in [3.8, 4) is 22.3 Å². The molecule has 0 aromatic heterocycles. The lowest BCUT2D eigenvalue weighted by molar-refractivity contribution is 1.28. The van der Waals surface area contributed by atoms with E-state index >= 15 is 0 Å². The quantitative estimate of drug-likeness (QED) is 0.111. The maximum absolute atomic E-state index is 2.48. The molecule has 0 heterocycles. The summed E-state index contributed by atoms with van der Waals surface area (Å²) in [4.78, 5) is 4.88.